The van der Waals surface area contributed by atoms with E-state index in [2.05, 4.69) is 44.0 Å². The highest BCUT2D eigenvalue weighted by Gasteiger charge is 2.05. The van der Waals surface area contributed by atoms with Crippen LogP contribution in [0.2, 0.25) is 0 Å². The summed E-state index contributed by atoms with van der Waals surface area (Å²) < 4.78 is 0. The van der Waals surface area contributed by atoms with E-state index in [1.165, 1.54) is 27.8 Å². The van der Waals surface area contributed by atoms with E-state index >= 15 is 0 Å². The summed E-state index contributed by atoms with van der Waals surface area (Å²) in [5, 5.41) is 0. The van der Waals surface area contributed by atoms with Crippen LogP contribution < -0.4 is 0 Å². The Bertz CT molecular complexity index is 449. The smallest absolute Gasteiger partial charge is 0.0346 e. The van der Waals surface area contributed by atoms with E-state index in [1.54, 1.807) is 0 Å². The van der Waals surface area contributed by atoms with Crippen LogP contribution in [0.1, 0.15) is 16.7 Å². The number of hydrogen-bond donors (Lipinski definition) is 0. The van der Waals surface area contributed by atoms with Crippen molar-refractivity contribution in [2.75, 3.05) is 0 Å². The second kappa shape index (κ2) is 3.85. The molecule has 1 nitrogen and oxygen atoms in total. The Hall–Kier alpha value is -1.63. The van der Waals surface area contributed by atoms with Gasteiger partial charge in [0.25, 0.3) is 0 Å². The van der Waals surface area contributed by atoms with Crippen molar-refractivity contribution in [3.8, 4) is 11.1 Å². The fourth-order valence-corrected chi connectivity index (χ4v) is 2.15. The molecule has 76 valence electrons. The van der Waals surface area contributed by atoms with Crippen LogP contribution in [-0.4, -0.2) is 4.98 Å². The van der Waals surface area contributed by atoms with Crippen LogP contribution in [0.25, 0.3) is 11.1 Å². The van der Waals surface area contributed by atoms with E-state index in [9.17, 15) is 0 Å². The molecule has 1 aromatic carbocycles. The minimum absolute atomic E-state index is 1.20. The third-order valence-corrected chi connectivity index (χ3v) is 2.63. The maximum atomic E-state index is 4.17. The third kappa shape index (κ3) is 1.91. The van der Waals surface area contributed by atoms with Crippen molar-refractivity contribution in [1.82, 2.24) is 4.98 Å². The number of nitrogens with zero attached hydrogens (tertiary/aromatic N) is 1. The lowest BCUT2D eigenvalue weighted by atomic mass is 9.95. The Morgan fingerprint density at radius 3 is 2.20 bits per heavy atom. The molecular weight excluding hydrogens is 182 g/mol. The zero-order valence-corrected chi connectivity index (χ0v) is 9.41. The molecule has 0 unspecified atom stereocenters. The van der Waals surface area contributed by atoms with Gasteiger partial charge in [-0.25, -0.2) is 0 Å². The molecule has 2 rings (SSSR count). The van der Waals surface area contributed by atoms with Crippen molar-refractivity contribution in [2.45, 2.75) is 20.8 Å². The Kier molecular flexibility index (Phi) is 2.55. The molecule has 1 heterocycles. The Balaban J connectivity index is 2.64. The lowest BCUT2D eigenvalue weighted by Gasteiger charge is -2.10. The second-order valence-corrected chi connectivity index (χ2v) is 4.02. The molecule has 0 radical (unpaired) electrons. The predicted molar refractivity (Wildman–Crippen MR) is 63.9 cm³/mol. The number of aromatic nitrogens is 1. The average molecular weight is 197 g/mol. The molecule has 1 heteroatoms. The van der Waals surface area contributed by atoms with E-state index in [1.807, 2.05) is 18.5 Å². The first-order chi connectivity index (χ1) is 7.18. The summed E-state index contributed by atoms with van der Waals surface area (Å²) in [6.07, 6.45) is 3.73. The van der Waals surface area contributed by atoms with Crippen molar-refractivity contribution >= 4 is 0 Å². The fourth-order valence-electron chi connectivity index (χ4n) is 2.15. The molecular formula is C14H15N. The van der Waals surface area contributed by atoms with Gasteiger partial charge in [-0.1, -0.05) is 23.8 Å². The van der Waals surface area contributed by atoms with Crippen LogP contribution in [-0.2, 0) is 0 Å². The van der Waals surface area contributed by atoms with Crippen LogP contribution in [0.3, 0.4) is 0 Å². The van der Waals surface area contributed by atoms with Crippen molar-refractivity contribution < 1.29 is 0 Å². The monoisotopic (exact) mass is 197 g/mol. The molecule has 0 fully saturated rings. The Morgan fingerprint density at radius 2 is 1.67 bits per heavy atom. The predicted octanol–water partition coefficient (Wildman–Crippen LogP) is 3.67. The number of pyridine rings is 1. The van der Waals surface area contributed by atoms with E-state index < -0.39 is 0 Å². The Labute approximate surface area is 90.8 Å². The molecule has 0 aliphatic heterocycles. The van der Waals surface area contributed by atoms with Gasteiger partial charge < -0.3 is 0 Å². The summed E-state index contributed by atoms with van der Waals surface area (Å²) in [5.41, 5.74) is 6.47. The van der Waals surface area contributed by atoms with E-state index in [0.29, 0.717) is 0 Å². The molecule has 2 aromatic rings. The number of aryl methyl sites for hydroxylation is 3. The van der Waals surface area contributed by atoms with Gasteiger partial charge >= 0.3 is 0 Å². The molecule has 0 aliphatic carbocycles. The third-order valence-electron chi connectivity index (χ3n) is 2.63. The lowest BCUT2D eigenvalue weighted by Crippen LogP contribution is -1.90. The van der Waals surface area contributed by atoms with Gasteiger partial charge in [0.2, 0.25) is 0 Å². The van der Waals surface area contributed by atoms with Gasteiger partial charge in [-0.15, -0.1) is 0 Å². The van der Waals surface area contributed by atoms with Gasteiger partial charge in [0.15, 0.2) is 0 Å². The summed E-state index contributed by atoms with van der Waals surface area (Å²) in [5.74, 6) is 0. The lowest BCUT2D eigenvalue weighted by molar-refractivity contribution is 1.28. The number of rotatable bonds is 1. The first-order valence-electron chi connectivity index (χ1n) is 5.17. The van der Waals surface area contributed by atoms with Gasteiger partial charge in [0.05, 0.1) is 0 Å². The summed E-state index contributed by atoms with van der Waals surface area (Å²) in [4.78, 5) is 4.17. The normalized spacial score (nSPS) is 10.3. The minimum atomic E-state index is 1.20. The molecule has 0 bridgehead atoms. The van der Waals surface area contributed by atoms with Crippen molar-refractivity contribution in [3.63, 3.8) is 0 Å². The van der Waals surface area contributed by atoms with E-state index in [-0.39, 0.29) is 0 Å². The van der Waals surface area contributed by atoms with Crippen LogP contribution in [0.5, 0.6) is 0 Å². The average Bonchev–Trinajstić information content (AvgIpc) is 2.17. The highest BCUT2D eigenvalue weighted by atomic mass is 14.6. The molecule has 0 amide bonds. The molecule has 15 heavy (non-hydrogen) atoms. The zero-order chi connectivity index (χ0) is 10.8. The van der Waals surface area contributed by atoms with Gasteiger partial charge in [-0.3, -0.25) is 4.98 Å². The van der Waals surface area contributed by atoms with Gasteiger partial charge in [0, 0.05) is 18.0 Å². The zero-order valence-electron chi connectivity index (χ0n) is 9.41. The van der Waals surface area contributed by atoms with Gasteiger partial charge in [0.1, 0.15) is 0 Å². The first-order valence-corrected chi connectivity index (χ1v) is 5.17. The highest BCUT2D eigenvalue weighted by molar-refractivity contribution is 5.70. The largest absolute Gasteiger partial charge is 0.264 e. The molecule has 0 N–H and O–H groups in total. The summed E-state index contributed by atoms with van der Waals surface area (Å²) in [6.45, 7) is 6.44. The van der Waals surface area contributed by atoms with Crippen molar-refractivity contribution in [3.05, 3.63) is 53.3 Å². The van der Waals surface area contributed by atoms with Gasteiger partial charge in [-0.05, 0) is 43.5 Å². The molecule has 0 aliphatic rings. The number of benzene rings is 1. The van der Waals surface area contributed by atoms with Gasteiger partial charge in [-0.2, -0.15) is 0 Å². The van der Waals surface area contributed by atoms with E-state index in [4.69, 9.17) is 0 Å². The second-order valence-electron chi connectivity index (χ2n) is 4.02. The summed E-state index contributed by atoms with van der Waals surface area (Å²) in [7, 11) is 0. The standard InChI is InChI=1S/C14H15N/c1-10-7-11(2)14(12(3)8-10)13-5-4-6-15-9-13/h4-9H,1-3H3. The molecule has 0 spiro atoms. The van der Waals surface area contributed by atoms with Crippen molar-refractivity contribution in [1.29, 1.82) is 0 Å². The number of hydrogen-bond acceptors (Lipinski definition) is 1. The summed E-state index contributed by atoms with van der Waals surface area (Å²) in [6, 6.07) is 8.52. The first kappa shape index (κ1) is 9.91. The van der Waals surface area contributed by atoms with Crippen molar-refractivity contribution in [2.24, 2.45) is 0 Å². The van der Waals surface area contributed by atoms with Crippen LogP contribution in [0, 0.1) is 20.8 Å². The topological polar surface area (TPSA) is 12.9 Å². The van der Waals surface area contributed by atoms with Crippen LogP contribution in [0.15, 0.2) is 36.7 Å². The maximum absolute atomic E-state index is 4.17. The SMILES string of the molecule is Cc1cc(C)c(-c2cccnc2)c(C)c1. The molecule has 0 atom stereocenters. The molecule has 0 saturated heterocycles. The fraction of sp³-hybridized carbons (Fsp3) is 0.214. The highest BCUT2D eigenvalue weighted by Crippen LogP contribution is 2.27. The summed E-state index contributed by atoms with van der Waals surface area (Å²) >= 11 is 0. The minimum Gasteiger partial charge on any atom is -0.264 e. The maximum Gasteiger partial charge on any atom is 0.0346 e. The molecule has 1 aromatic heterocycles. The van der Waals surface area contributed by atoms with Crippen LogP contribution >= 0.6 is 0 Å². The van der Waals surface area contributed by atoms with Crippen LogP contribution in [0.4, 0.5) is 0 Å². The van der Waals surface area contributed by atoms with E-state index in [0.717, 1.165) is 0 Å². The molecule has 0 saturated carbocycles. The quantitative estimate of drug-likeness (QED) is 0.679. The Morgan fingerprint density at radius 1 is 1.00 bits per heavy atom.